The lowest BCUT2D eigenvalue weighted by molar-refractivity contribution is -0.121. The molecule has 0 aromatic rings. The first kappa shape index (κ1) is 17.7. The number of amides is 1. The number of nitrogens with zero attached hydrogens (tertiary/aromatic N) is 2. The van der Waals surface area contributed by atoms with E-state index < -0.39 is 0 Å². The van der Waals surface area contributed by atoms with Crippen LogP contribution in [0.2, 0.25) is 0 Å². The number of morpholine rings is 1. The summed E-state index contributed by atoms with van der Waals surface area (Å²) >= 11 is 0. The summed E-state index contributed by atoms with van der Waals surface area (Å²) in [5.74, 6) is 0.437. The molecule has 4 N–H and O–H groups in total. The van der Waals surface area contributed by atoms with E-state index in [1.165, 1.54) is 0 Å². The first-order chi connectivity index (χ1) is 10.1. The van der Waals surface area contributed by atoms with Crippen LogP contribution in [0.4, 0.5) is 0 Å². The minimum absolute atomic E-state index is 0.0256. The number of hydrogen-bond acceptors (Lipinski definition) is 4. The molecule has 0 bridgehead atoms. The average molecular weight is 299 g/mol. The largest absolute Gasteiger partial charge is 0.379 e. The number of rotatable bonds is 8. The van der Waals surface area contributed by atoms with Crippen molar-refractivity contribution >= 4 is 11.9 Å². The van der Waals surface area contributed by atoms with Gasteiger partial charge in [0.25, 0.3) is 0 Å². The van der Waals surface area contributed by atoms with Crippen LogP contribution in [0.5, 0.6) is 0 Å². The van der Waals surface area contributed by atoms with Crippen LogP contribution in [0, 0.1) is 0 Å². The molecule has 1 rings (SSSR count). The Labute approximate surface area is 127 Å². The smallest absolute Gasteiger partial charge is 0.221 e. The molecule has 21 heavy (non-hydrogen) atoms. The molecule has 0 aliphatic carbocycles. The van der Waals surface area contributed by atoms with Crippen molar-refractivity contribution in [3.63, 3.8) is 0 Å². The molecule has 1 aliphatic heterocycles. The van der Waals surface area contributed by atoms with E-state index >= 15 is 0 Å². The van der Waals surface area contributed by atoms with E-state index in [0.29, 0.717) is 25.5 Å². The highest BCUT2D eigenvalue weighted by Crippen LogP contribution is 1.97. The quantitative estimate of drug-likeness (QED) is 0.320. The van der Waals surface area contributed by atoms with Gasteiger partial charge in [0.05, 0.1) is 13.2 Å². The van der Waals surface area contributed by atoms with Crippen molar-refractivity contribution < 1.29 is 9.53 Å². The minimum atomic E-state index is 0.0256. The molecule has 0 unspecified atom stereocenters. The molecule has 0 radical (unpaired) electrons. The molecule has 0 saturated carbocycles. The van der Waals surface area contributed by atoms with Gasteiger partial charge in [0.2, 0.25) is 5.91 Å². The van der Waals surface area contributed by atoms with Gasteiger partial charge in [-0.1, -0.05) is 0 Å². The van der Waals surface area contributed by atoms with Gasteiger partial charge in [-0.25, -0.2) is 0 Å². The molecule has 1 heterocycles. The van der Waals surface area contributed by atoms with Gasteiger partial charge in [-0.05, 0) is 20.3 Å². The average Bonchev–Trinajstić information content (AvgIpc) is 2.44. The number of carbonyl (C=O) groups excluding carboxylic acids is 1. The highest BCUT2D eigenvalue weighted by Gasteiger charge is 2.08. The van der Waals surface area contributed by atoms with Crippen molar-refractivity contribution in [3.8, 4) is 0 Å². The Hall–Kier alpha value is -1.34. The summed E-state index contributed by atoms with van der Waals surface area (Å²) < 4.78 is 5.30. The van der Waals surface area contributed by atoms with E-state index in [0.717, 1.165) is 39.3 Å². The molecule has 1 fully saturated rings. The normalized spacial score (nSPS) is 17.0. The van der Waals surface area contributed by atoms with E-state index in [1.807, 2.05) is 13.8 Å². The minimum Gasteiger partial charge on any atom is -0.379 e. The van der Waals surface area contributed by atoms with Crippen molar-refractivity contribution in [2.45, 2.75) is 32.7 Å². The predicted molar refractivity (Wildman–Crippen MR) is 84.3 cm³/mol. The topological polar surface area (TPSA) is 92.0 Å². The Bertz CT molecular complexity index is 327. The van der Waals surface area contributed by atoms with E-state index in [1.54, 1.807) is 0 Å². The van der Waals surface area contributed by atoms with E-state index in [-0.39, 0.29) is 11.9 Å². The molecule has 0 atom stereocenters. The third-order valence-electron chi connectivity index (χ3n) is 3.13. The maximum absolute atomic E-state index is 11.4. The van der Waals surface area contributed by atoms with Gasteiger partial charge >= 0.3 is 0 Å². The zero-order valence-corrected chi connectivity index (χ0v) is 13.2. The lowest BCUT2D eigenvalue weighted by Gasteiger charge is -2.26. The first-order valence-corrected chi connectivity index (χ1v) is 7.71. The van der Waals surface area contributed by atoms with E-state index in [9.17, 15) is 4.79 Å². The Morgan fingerprint density at radius 2 is 2.10 bits per heavy atom. The maximum atomic E-state index is 11.4. The fourth-order valence-corrected chi connectivity index (χ4v) is 2.07. The van der Waals surface area contributed by atoms with Crippen molar-refractivity contribution in [2.75, 3.05) is 45.9 Å². The third kappa shape index (κ3) is 9.25. The summed E-state index contributed by atoms with van der Waals surface area (Å²) in [6.45, 7) is 9.77. The van der Waals surface area contributed by atoms with E-state index in [2.05, 4.69) is 20.5 Å². The Morgan fingerprint density at radius 3 is 2.76 bits per heavy atom. The third-order valence-corrected chi connectivity index (χ3v) is 3.13. The van der Waals surface area contributed by atoms with Crippen molar-refractivity contribution in [3.05, 3.63) is 0 Å². The van der Waals surface area contributed by atoms with Gasteiger partial charge in [0.15, 0.2) is 5.96 Å². The van der Waals surface area contributed by atoms with Gasteiger partial charge < -0.3 is 21.1 Å². The molecule has 0 aromatic carbocycles. The number of guanidine groups is 1. The van der Waals surface area contributed by atoms with Gasteiger partial charge in [-0.15, -0.1) is 0 Å². The second-order valence-electron chi connectivity index (χ2n) is 5.47. The maximum Gasteiger partial charge on any atom is 0.221 e. The SMILES string of the molecule is CC(C)NC(=O)CCNC(N)=NCCCN1CCOCC1. The number of aliphatic imine (C=N–C) groups is 1. The Balaban J connectivity index is 2.03. The van der Waals surface area contributed by atoms with Crippen LogP contribution in [0.1, 0.15) is 26.7 Å². The molecule has 122 valence electrons. The fourth-order valence-electron chi connectivity index (χ4n) is 2.07. The van der Waals surface area contributed by atoms with Crippen molar-refractivity contribution in [1.29, 1.82) is 0 Å². The van der Waals surface area contributed by atoms with Crippen molar-refractivity contribution in [1.82, 2.24) is 15.5 Å². The summed E-state index contributed by atoms with van der Waals surface area (Å²) in [7, 11) is 0. The first-order valence-electron chi connectivity index (χ1n) is 7.71. The number of carbonyl (C=O) groups is 1. The lowest BCUT2D eigenvalue weighted by Crippen LogP contribution is -2.38. The standard InChI is InChI=1S/C14H29N5O2/c1-12(2)18-13(20)4-6-17-14(15)16-5-3-7-19-8-10-21-11-9-19/h12H,3-11H2,1-2H3,(H,18,20)(H3,15,16,17). The Morgan fingerprint density at radius 1 is 1.38 bits per heavy atom. The fraction of sp³-hybridized carbons (Fsp3) is 0.857. The molecule has 0 spiro atoms. The number of nitrogens with two attached hydrogens (primary N) is 1. The summed E-state index contributed by atoms with van der Waals surface area (Å²) in [5.41, 5.74) is 5.75. The lowest BCUT2D eigenvalue weighted by atomic mass is 10.3. The van der Waals surface area contributed by atoms with Crippen LogP contribution in [-0.4, -0.2) is 68.7 Å². The summed E-state index contributed by atoms with van der Waals surface area (Å²) in [5, 5.41) is 5.79. The summed E-state index contributed by atoms with van der Waals surface area (Å²) in [6.07, 6.45) is 1.39. The van der Waals surface area contributed by atoms with Crippen LogP contribution in [0.15, 0.2) is 4.99 Å². The predicted octanol–water partition coefficient (Wildman–Crippen LogP) is -0.472. The molecule has 1 aliphatic rings. The molecular weight excluding hydrogens is 270 g/mol. The molecular formula is C14H29N5O2. The summed E-state index contributed by atoms with van der Waals surface area (Å²) in [4.78, 5) is 18.1. The molecule has 1 saturated heterocycles. The van der Waals surface area contributed by atoms with Gasteiger partial charge in [-0.2, -0.15) is 0 Å². The molecule has 7 heteroatoms. The van der Waals surface area contributed by atoms with Crippen LogP contribution < -0.4 is 16.4 Å². The zero-order valence-electron chi connectivity index (χ0n) is 13.2. The van der Waals surface area contributed by atoms with Crippen LogP contribution in [0.3, 0.4) is 0 Å². The Kier molecular flexibility index (Phi) is 8.77. The van der Waals surface area contributed by atoms with Crippen LogP contribution in [0.25, 0.3) is 0 Å². The number of hydrogen-bond donors (Lipinski definition) is 3. The highest BCUT2D eigenvalue weighted by atomic mass is 16.5. The molecule has 0 aromatic heterocycles. The molecule has 7 nitrogen and oxygen atoms in total. The van der Waals surface area contributed by atoms with Gasteiger partial charge in [0, 0.05) is 45.2 Å². The molecule has 1 amide bonds. The van der Waals surface area contributed by atoms with E-state index in [4.69, 9.17) is 10.5 Å². The number of nitrogens with one attached hydrogen (secondary N) is 2. The van der Waals surface area contributed by atoms with Crippen LogP contribution in [-0.2, 0) is 9.53 Å². The number of ether oxygens (including phenoxy) is 1. The highest BCUT2D eigenvalue weighted by molar-refractivity contribution is 5.80. The second-order valence-corrected chi connectivity index (χ2v) is 5.47. The summed E-state index contributed by atoms with van der Waals surface area (Å²) in [6, 6.07) is 0.170. The van der Waals surface area contributed by atoms with Gasteiger partial charge in [0.1, 0.15) is 0 Å². The monoisotopic (exact) mass is 299 g/mol. The second kappa shape index (κ2) is 10.4. The van der Waals surface area contributed by atoms with Crippen LogP contribution >= 0.6 is 0 Å². The van der Waals surface area contributed by atoms with Crippen molar-refractivity contribution in [2.24, 2.45) is 10.7 Å². The zero-order chi connectivity index (χ0) is 15.5. The van der Waals surface area contributed by atoms with Gasteiger partial charge in [-0.3, -0.25) is 14.7 Å².